The second-order valence-electron chi connectivity index (χ2n) is 3.99. The standard InChI is InChI=1S/C9H12O/c10-9-4-8-6-2-1-5(9)3-7(6)8/h1-2,5-10H,3-4H2. The predicted octanol–water partition coefficient (Wildman–Crippen LogP) is 1.19. The van der Waals surface area contributed by atoms with Crippen LogP contribution >= 0.6 is 0 Å². The molecular weight excluding hydrogens is 124 g/mol. The number of aliphatic hydroxyl groups is 1. The van der Waals surface area contributed by atoms with Crippen LogP contribution in [0.5, 0.6) is 0 Å². The van der Waals surface area contributed by atoms with Crippen LogP contribution in [0.25, 0.3) is 0 Å². The van der Waals surface area contributed by atoms with Gasteiger partial charge in [0.25, 0.3) is 0 Å². The molecule has 0 saturated heterocycles. The molecule has 0 aliphatic heterocycles. The lowest BCUT2D eigenvalue weighted by Gasteiger charge is -2.24. The Bertz CT molecular complexity index is 197. The summed E-state index contributed by atoms with van der Waals surface area (Å²) in [5.41, 5.74) is 0. The molecule has 0 spiro atoms. The largest absolute Gasteiger partial charge is 0.393 e. The first kappa shape index (κ1) is 5.36. The van der Waals surface area contributed by atoms with E-state index in [9.17, 15) is 5.11 Å². The number of hydrogen-bond donors (Lipinski definition) is 1. The molecule has 0 aromatic heterocycles. The lowest BCUT2D eigenvalue weighted by atomic mass is 9.86. The fourth-order valence-corrected chi connectivity index (χ4v) is 2.83. The number of hydrogen-bond acceptors (Lipinski definition) is 1. The molecule has 5 atom stereocenters. The fourth-order valence-electron chi connectivity index (χ4n) is 2.83. The third-order valence-electron chi connectivity index (χ3n) is 3.53. The summed E-state index contributed by atoms with van der Waals surface area (Å²) in [4.78, 5) is 0. The molecule has 1 heteroatoms. The molecule has 0 aromatic carbocycles. The minimum Gasteiger partial charge on any atom is -0.393 e. The minimum atomic E-state index is -0.00926. The molecule has 54 valence electrons. The van der Waals surface area contributed by atoms with Crippen molar-refractivity contribution in [1.29, 1.82) is 0 Å². The molecule has 0 radical (unpaired) electrons. The van der Waals surface area contributed by atoms with E-state index in [-0.39, 0.29) is 6.10 Å². The van der Waals surface area contributed by atoms with Gasteiger partial charge in [-0.3, -0.25) is 0 Å². The van der Waals surface area contributed by atoms with E-state index in [0.29, 0.717) is 5.92 Å². The van der Waals surface area contributed by atoms with Crippen molar-refractivity contribution in [3.8, 4) is 0 Å². The van der Waals surface area contributed by atoms with Gasteiger partial charge in [-0.2, -0.15) is 0 Å². The van der Waals surface area contributed by atoms with Crippen LogP contribution in [0.2, 0.25) is 0 Å². The number of aliphatic hydroxyl groups excluding tert-OH is 1. The molecule has 3 aliphatic rings. The monoisotopic (exact) mass is 136 g/mol. The van der Waals surface area contributed by atoms with Crippen molar-refractivity contribution in [2.45, 2.75) is 18.9 Å². The van der Waals surface area contributed by atoms with Gasteiger partial charge in [0.2, 0.25) is 0 Å². The van der Waals surface area contributed by atoms with Gasteiger partial charge in [-0.1, -0.05) is 12.2 Å². The number of allylic oxidation sites excluding steroid dienone is 1. The highest BCUT2D eigenvalue weighted by Crippen LogP contribution is 2.60. The van der Waals surface area contributed by atoms with Gasteiger partial charge in [-0.05, 0) is 30.6 Å². The molecule has 5 unspecified atom stereocenters. The van der Waals surface area contributed by atoms with Crippen molar-refractivity contribution in [1.82, 2.24) is 0 Å². The summed E-state index contributed by atoms with van der Waals surface area (Å²) >= 11 is 0. The molecule has 0 aromatic rings. The Morgan fingerprint density at radius 1 is 1.10 bits per heavy atom. The van der Waals surface area contributed by atoms with Crippen LogP contribution in [0.15, 0.2) is 12.2 Å². The average Bonchev–Trinajstić information content (AvgIpc) is 2.65. The van der Waals surface area contributed by atoms with E-state index >= 15 is 0 Å². The second kappa shape index (κ2) is 1.48. The summed E-state index contributed by atoms with van der Waals surface area (Å²) in [6.07, 6.45) is 6.91. The lowest BCUT2D eigenvalue weighted by Crippen LogP contribution is -2.24. The van der Waals surface area contributed by atoms with Gasteiger partial charge in [0.05, 0.1) is 6.10 Å². The third-order valence-corrected chi connectivity index (χ3v) is 3.53. The van der Waals surface area contributed by atoms with E-state index in [2.05, 4.69) is 12.2 Å². The molecule has 1 N–H and O–H groups in total. The van der Waals surface area contributed by atoms with Crippen molar-refractivity contribution in [3.05, 3.63) is 12.2 Å². The van der Waals surface area contributed by atoms with E-state index in [1.807, 2.05) is 0 Å². The smallest absolute Gasteiger partial charge is 0.0605 e. The summed E-state index contributed by atoms with van der Waals surface area (Å²) in [5.74, 6) is 3.22. The van der Waals surface area contributed by atoms with Crippen LogP contribution in [-0.2, 0) is 0 Å². The Morgan fingerprint density at radius 2 is 1.90 bits per heavy atom. The van der Waals surface area contributed by atoms with Crippen LogP contribution < -0.4 is 0 Å². The van der Waals surface area contributed by atoms with Gasteiger partial charge in [-0.15, -0.1) is 0 Å². The van der Waals surface area contributed by atoms with Crippen LogP contribution in [0, 0.1) is 23.7 Å². The summed E-state index contributed by atoms with van der Waals surface area (Å²) < 4.78 is 0. The molecule has 1 nitrogen and oxygen atoms in total. The minimum absolute atomic E-state index is 0.00926. The van der Waals surface area contributed by atoms with Crippen LogP contribution in [0.1, 0.15) is 12.8 Å². The Kier molecular flexibility index (Phi) is 0.791. The Labute approximate surface area is 60.7 Å². The average molecular weight is 136 g/mol. The van der Waals surface area contributed by atoms with Gasteiger partial charge in [0, 0.05) is 5.92 Å². The predicted molar refractivity (Wildman–Crippen MR) is 38.3 cm³/mol. The summed E-state index contributed by atoms with van der Waals surface area (Å²) in [6.45, 7) is 0. The molecule has 0 heterocycles. The summed E-state index contributed by atoms with van der Waals surface area (Å²) in [6, 6.07) is 0. The van der Waals surface area contributed by atoms with E-state index in [1.54, 1.807) is 0 Å². The van der Waals surface area contributed by atoms with E-state index in [0.717, 1.165) is 24.2 Å². The van der Waals surface area contributed by atoms with Crippen LogP contribution in [0.4, 0.5) is 0 Å². The van der Waals surface area contributed by atoms with Crippen molar-refractivity contribution < 1.29 is 5.11 Å². The Balaban J connectivity index is 1.99. The molecule has 3 rings (SSSR count). The van der Waals surface area contributed by atoms with Gasteiger partial charge in [0.15, 0.2) is 0 Å². The maximum atomic E-state index is 9.54. The maximum Gasteiger partial charge on any atom is 0.0605 e. The normalized spacial score (nSPS) is 62.3. The number of fused-ring (bicyclic) bond motifs is 2. The Hall–Kier alpha value is -0.300. The van der Waals surface area contributed by atoms with Crippen LogP contribution in [-0.4, -0.2) is 11.2 Å². The van der Waals surface area contributed by atoms with Gasteiger partial charge in [0.1, 0.15) is 0 Å². The maximum absolute atomic E-state index is 9.54. The zero-order valence-corrected chi connectivity index (χ0v) is 5.90. The summed E-state index contributed by atoms with van der Waals surface area (Å²) in [5, 5.41) is 9.54. The zero-order chi connectivity index (χ0) is 6.72. The van der Waals surface area contributed by atoms with Gasteiger partial charge < -0.3 is 5.11 Å². The molecule has 2 fully saturated rings. The molecule has 2 bridgehead atoms. The second-order valence-corrected chi connectivity index (χ2v) is 3.99. The van der Waals surface area contributed by atoms with Crippen molar-refractivity contribution in [2.24, 2.45) is 23.7 Å². The van der Waals surface area contributed by atoms with E-state index in [4.69, 9.17) is 0 Å². The van der Waals surface area contributed by atoms with Gasteiger partial charge >= 0.3 is 0 Å². The third kappa shape index (κ3) is 0.485. The van der Waals surface area contributed by atoms with Crippen LogP contribution in [0.3, 0.4) is 0 Å². The highest BCUT2D eigenvalue weighted by atomic mass is 16.3. The fraction of sp³-hybridized carbons (Fsp3) is 0.778. The SMILES string of the molecule is OC1CC2C3C=CC1CC32. The summed E-state index contributed by atoms with van der Waals surface area (Å²) in [7, 11) is 0. The first-order valence-corrected chi connectivity index (χ1v) is 4.22. The highest BCUT2D eigenvalue weighted by molar-refractivity contribution is 5.19. The van der Waals surface area contributed by atoms with Gasteiger partial charge in [-0.25, -0.2) is 0 Å². The topological polar surface area (TPSA) is 20.2 Å². The quantitative estimate of drug-likeness (QED) is 0.496. The van der Waals surface area contributed by atoms with Crippen molar-refractivity contribution >= 4 is 0 Å². The molecule has 3 aliphatic carbocycles. The molecular formula is C9H12O. The Morgan fingerprint density at radius 3 is 2.80 bits per heavy atom. The zero-order valence-electron chi connectivity index (χ0n) is 5.90. The molecule has 2 saturated carbocycles. The molecule has 0 amide bonds. The van der Waals surface area contributed by atoms with E-state index < -0.39 is 0 Å². The highest BCUT2D eigenvalue weighted by Gasteiger charge is 2.55. The first-order valence-electron chi connectivity index (χ1n) is 4.22. The van der Waals surface area contributed by atoms with E-state index in [1.165, 1.54) is 6.42 Å². The van der Waals surface area contributed by atoms with Crippen molar-refractivity contribution in [2.75, 3.05) is 0 Å². The number of rotatable bonds is 0. The molecule has 10 heavy (non-hydrogen) atoms. The first-order chi connectivity index (χ1) is 4.86. The van der Waals surface area contributed by atoms with Crippen molar-refractivity contribution in [3.63, 3.8) is 0 Å². The lowest BCUT2D eigenvalue weighted by molar-refractivity contribution is 0.0884.